The van der Waals surface area contributed by atoms with Crippen LogP contribution in [0.4, 0.5) is 0 Å². The highest BCUT2D eigenvalue weighted by Crippen LogP contribution is 2.34. The second-order valence-corrected chi connectivity index (χ2v) is 5.26. The van der Waals surface area contributed by atoms with Crippen molar-refractivity contribution in [3.63, 3.8) is 0 Å². The first-order valence-electron chi connectivity index (χ1n) is 6.67. The Bertz CT molecular complexity index is 539. The van der Waals surface area contributed by atoms with Gasteiger partial charge in [0.25, 0.3) is 0 Å². The molecule has 3 rings (SSSR count). The van der Waals surface area contributed by atoms with E-state index in [9.17, 15) is 0 Å². The number of fused-ring (bicyclic) bond motifs is 1. The maximum atomic E-state index is 5.73. The van der Waals surface area contributed by atoms with Crippen molar-refractivity contribution in [1.82, 2.24) is 19.8 Å². The predicted molar refractivity (Wildman–Crippen MR) is 69.3 cm³/mol. The molecule has 18 heavy (non-hydrogen) atoms. The molecule has 0 saturated heterocycles. The van der Waals surface area contributed by atoms with Gasteiger partial charge in [0.2, 0.25) is 0 Å². The Balaban J connectivity index is 1.88. The number of rotatable bonds is 2. The van der Waals surface area contributed by atoms with E-state index in [0.29, 0.717) is 11.8 Å². The lowest BCUT2D eigenvalue weighted by atomic mass is 9.82. The van der Waals surface area contributed by atoms with Crippen LogP contribution in [0.25, 0.3) is 5.65 Å². The van der Waals surface area contributed by atoms with Crippen LogP contribution in [0.15, 0.2) is 12.1 Å². The predicted octanol–water partition coefficient (Wildman–Crippen LogP) is 1.67. The molecular formula is C13H19N5. The van der Waals surface area contributed by atoms with E-state index in [0.717, 1.165) is 36.6 Å². The lowest BCUT2D eigenvalue weighted by Crippen LogP contribution is -2.21. The van der Waals surface area contributed by atoms with E-state index in [-0.39, 0.29) is 0 Å². The summed E-state index contributed by atoms with van der Waals surface area (Å²) in [6.45, 7) is 2.80. The fourth-order valence-corrected chi connectivity index (χ4v) is 2.81. The monoisotopic (exact) mass is 245 g/mol. The van der Waals surface area contributed by atoms with Crippen LogP contribution in [0.2, 0.25) is 0 Å². The SMILES string of the molecule is Cc1ccc2nnc(C3CCC(CN)CC3)n2n1. The van der Waals surface area contributed by atoms with Gasteiger partial charge in [-0.1, -0.05) is 0 Å². The number of aromatic nitrogens is 4. The Labute approximate surface area is 106 Å². The van der Waals surface area contributed by atoms with Gasteiger partial charge in [-0.25, -0.2) is 0 Å². The van der Waals surface area contributed by atoms with E-state index in [1.807, 2.05) is 23.6 Å². The van der Waals surface area contributed by atoms with Crippen molar-refractivity contribution in [2.45, 2.75) is 38.5 Å². The first-order valence-corrected chi connectivity index (χ1v) is 6.67. The molecule has 1 fully saturated rings. The normalized spacial score (nSPS) is 24.6. The van der Waals surface area contributed by atoms with E-state index >= 15 is 0 Å². The molecule has 2 heterocycles. The minimum atomic E-state index is 0.483. The van der Waals surface area contributed by atoms with Gasteiger partial charge in [-0.15, -0.1) is 10.2 Å². The molecule has 0 bridgehead atoms. The lowest BCUT2D eigenvalue weighted by Gasteiger charge is -2.26. The molecule has 5 nitrogen and oxygen atoms in total. The maximum absolute atomic E-state index is 5.73. The fraction of sp³-hybridized carbons (Fsp3) is 0.615. The van der Waals surface area contributed by atoms with Gasteiger partial charge in [-0.05, 0) is 57.2 Å². The largest absolute Gasteiger partial charge is 0.330 e. The summed E-state index contributed by atoms with van der Waals surface area (Å²) in [6, 6.07) is 3.95. The number of aryl methyl sites for hydroxylation is 1. The molecule has 0 aliphatic heterocycles. The molecule has 1 aliphatic rings. The van der Waals surface area contributed by atoms with Gasteiger partial charge in [-0.3, -0.25) is 0 Å². The smallest absolute Gasteiger partial charge is 0.177 e. The fourth-order valence-electron chi connectivity index (χ4n) is 2.81. The van der Waals surface area contributed by atoms with Crippen molar-refractivity contribution in [3.8, 4) is 0 Å². The van der Waals surface area contributed by atoms with E-state index in [1.165, 1.54) is 12.8 Å². The van der Waals surface area contributed by atoms with Gasteiger partial charge in [-0.2, -0.15) is 9.61 Å². The molecule has 2 N–H and O–H groups in total. The lowest BCUT2D eigenvalue weighted by molar-refractivity contribution is 0.323. The molecule has 0 unspecified atom stereocenters. The van der Waals surface area contributed by atoms with Crippen LogP contribution < -0.4 is 5.73 Å². The van der Waals surface area contributed by atoms with E-state index in [4.69, 9.17) is 5.73 Å². The second-order valence-electron chi connectivity index (χ2n) is 5.26. The summed E-state index contributed by atoms with van der Waals surface area (Å²) >= 11 is 0. The number of hydrogen-bond acceptors (Lipinski definition) is 4. The Hall–Kier alpha value is -1.49. The molecule has 0 aromatic carbocycles. The third-order valence-corrected chi connectivity index (χ3v) is 3.97. The topological polar surface area (TPSA) is 69.1 Å². The molecule has 0 atom stereocenters. The molecule has 1 saturated carbocycles. The molecule has 5 heteroatoms. The van der Waals surface area contributed by atoms with Gasteiger partial charge < -0.3 is 5.73 Å². The Morgan fingerprint density at radius 1 is 1.22 bits per heavy atom. The summed E-state index contributed by atoms with van der Waals surface area (Å²) in [7, 11) is 0. The molecule has 0 radical (unpaired) electrons. The average Bonchev–Trinajstić information content (AvgIpc) is 2.82. The summed E-state index contributed by atoms with van der Waals surface area (Å²) in [4.78, 5) is 0. The van der Waals surface area contributed by atoms with Crippen LogP contribution in [0, 0.1) is 12.8 Å². The standard InChI is InChI=1S/C13H19N5/c1-9-2-7-12-15-16-13(18(12)17-9)11-5-3-10(8-14)4-6-11/h2,7,10-11H,3-6,8,14H2,1H3. The van der Waals surface area contributed by atoms with Gasteiger partial charge >= 0.3 is 0 Å². The zero-order valence-corrected chi connectivity index (χ0v) is 10.7. The Morgan fingerprint density at radius 2 is 2.00 bits per heavy atom. The molecule has 0 amide bonds. The van der Waals surface area contributed by atoms with Gasteiger partial charge in [0.1, 0.15) is 0 Å². The summed E-state index contributed by atoms with van der Waals surface area (Å²) in [5.74, 6) is 2.19. The first kappa shape index (κ1) is 11.6. The third kappa shape index (κ3) is 1.99. The minimum Gasteiger partial charge on any atom is -0.330 e. The zero-order chi connectivity index (χ0) is 12.5. The van der Waals surface area contributed by atoms with Gasteiger partial charge in [0.15, 0.2) is 11.5 Å². The van der Waals surface area contributed by atoms with Crippen molar-refractivity contribution in [2.24, 2.45) is 11.7 Å². The summed E-state index contributed by atoms with van der Waals surface area (Å²) < 4.78 is 1.91. The summed E-state index contributed by atoms with van der Waals surface area (Å²) in [6.07, 6.45) is 4.69. The summed E-state index contributed by atoms with van der Waals surface area (Å²) in [5.41, 5.74) is 7.58. The van der Waals surface area contributed by atoms with Crippen LogP contribution in [-0.2, 0) is 0 Å². The van der Waals surface area contributed by atoms with E-state index in [2.05, 4.69) is 15.3 Å². The Kier molecular flexibility index (Phi) is 2.99. The van der Waals surface area contributed by atoms with Crippen LogP contribution in [-0.4, -0.2) is 26.4 Å². The first-order chi connectivity index (χ1) is 8.78. The third-order valence-electron chi connectivity index (χ3n) is 3.97. The zero-order valence-electron chi connectivity index (χ0n) is 10.7. The van der Waals surface area contributed by atoms with Crippen molar-refractivity contribution in [2.75, 3.05) is 6.54 Å². The van der Waals surface area contributed by atoms with Crippen molar-refractivity contribution < 1.29 is 0 Å². The number of hydrogen-bond donors (Lipinski definition) is 1. The van der Waals surface area contributed by atoms with E-state index in [1.54, 1.807) is 0 Å². The molecule has 2 aromatic heterocycles. The average molecular weight is 245 g/mol. The van der Waals surface area contributed by atoms with Gasteiger partial charge in [0, 0.05) is 5.92 Å². The van der Waals surface area contributed by atoms with Crippen molar-refractivity contribution >= 4 is 5.65 Å². The molecule has 2 aromatic rings. The highest BCUT2D eigenvalue weighted by atomic mass is 15.4. The van der Waals surface area contributed by atoms with Crippen molar-refractivity contribution in [3.05, 3.63) is 23.7 Å². The van der Waals surface area contributed by atoms with Crippen LogP contribution in [0.5, 0.6) is 0 Å². The molecular weight excluding hydrogens is 226 g/mol. The summed E-state index contributed by atoms with van der Waals surface area (Å²) in [5, 5.41) is 13.0. The van der Waals surface area contributed by atoms with Gasteiger partial charge in [0.05, 0.1) is 5.69 Å². The van der Waals surface area contributed by atoms with E-state index < -0.39 is 0 Å². The van der Waals surface area contributed by atoms with Crippen LogP contribution in [0.3, 0.4) is 0 Å². The highest BCUT2D eigenvalue weighted by molar-refractivity contribution is 5.36. The number of nitrogens with zero attached hydrogens (tertiary/aromatic N) is 4. The number of nitrogens with two attached hydrogens (primary N) is 1. The maximum Gasteiger partial charge on any atom is 0.177 e. The minimum absolute atomic E-state index is 0.483. The molecule has 0 spiro atoms. The quantitative estimate of drug-likeness (QED) is 0.873. The van der Waals surface area contributed by atoms with Crippen molar-refractivity contribution in [1.29, 1.82) is 0 Å². The Morgan fingerprint density at radius 3 is 2.72 bits per heavy atom. The van der Waals surface area contributed by atoms with Crippen LogP contribution in [0.1, 0.15) is 43.1 Å². The molecule has 1 aliphatic carbocycles. The highest BCUT2D eigenvalue weighted by Gasteiger charge is 2.25. The molecule has 96 valence electrons. The second kappa shape index (κ2) is 4.65. The van der Waals surface area contributed by atoms with Crippen LogP contribution >= 0.6 is 0 Å².